The van der Waals surface area contributed by atoms with Crippen molar-refractivity contribution in [2.24, 2.45) is 5.10 Å². The lowest BCUT2D eigenvalue weighted by atomic mass is 9.80. The Morgan fingerprint density at radius 2 is 1.53 bits per heavy atom. The summed E-state index contributed by atoms with van der Waals surface area (Å²) in [6.07, 6.45) is -4.26. The van der Waals surface area contributed by atoms with Gasteiger partial charge in [-0.25, -0.2) is 13.8 Å². The normalized spacial score (nSPS) is 12.8. The summed E-state index contributed by atoms with van der Waals surface area (Å²) in [5, 5.41) is 3.83. The fraction of sp³-hybridized carbons (Fsp3) is 0.259. The monoisotopic (exact) mass is 565 g/mol. The minimum absolute atomic E-state index is 0.217. The molecule has 0 aliphatic carbocycles. The number of nitrogens with one attached hydrogen (secondary N) is 1. The highest BCUT2D eigenvalue weighted by atomic mass is 35.5. The van der Waals surface area contributed by atoms with Crippen LogP contribution in [-0.2, 0) is 26.4 Å². The van der Waals surface area contributed by atoms with E-state index >= 15 is 0 Å². The molecule has 0 radical (unpaired) electrons. The summed E-state index contributed by atoms with van der Waals surface area (Å²) in [5.74, 6) is -0.852. The van der Waals surface area contributed by atoms with Crippen LogP contribution in [0.15, 0.2) is 88.9 Å². The van der Waals surface area contributed by atoms with Crippen LogP contribution in [0.5, 0.6) is 0 Å². The van der Waals surface area contributed by atoms with Crippen LogP contribution in [0.2, 0.25) is 5.02 Å². The average molecular weight is 566 g/mol. The minimum atomic E-state index is -4.75. The largest absolute Gasteiger partial charge is 0.416 e. The molecule has 1 amide bonds. The van der Waals surface area contributed by atoms with Crippen molar-refractivity contribution >= 4 is 38.9 Å². The van der Waals surface area contributed by atoms with Crippen molar-refractivity contribution < 1.29 is 26.4 Å². The molecule has 6 nitrogen and oxygen atoms in total. The lowest BCUT2D eigenvalue weighted by Crippen LogP contribution is -2.40. The van der Waals surface area contributed by atoms with Gasteiger partial charge in [0.15, 0.2) is 0 Å². The molecule has 0 aromatic heterocycles. The van der Waals surface area contributed by atoms with Gasteiger partial charge in [0.05, 0.1) is 21.2 Å². The molecule has 0 bridgehead atoms. The Kier molecular flexibility index (Phi) is 8.89. The summed E-state index contributed by atoms with van der Waals surface area (Å²) in [5.41, 5.74) is 2.08. The van der Waals surface area contributed by atoms with Crippen LogP contribution in [0.4, 0.5) is 18.9 Å². The first-order valence-corrected chi connectivity index (χ1v) is 13.4. The number of rotatable bonds is 9. The van der Waals surface area contributed by atoms with Crippen LogP contribution in [0.1, 0.15) is 38.3 Å². The summed E-state index contributed by atoms with van der Waals surface area (Å²) in [6.45, 7) is 4.91. The number of anilines is 1. The van der Waals surface area contributed by atoms with Crippen LogP contribution in [0, 0.1) is 0 Å². The van der Waals surface area contributed by atoms with Gasteiger partial charge in [0.1, 0.15) is 6.54 Å². The molecule has 3 rings (SSSR count). The molecule has 0 aliphatic heterocycles. The van der Waals surface area contributed by atoms with Crippen LogP contribution in [-0.4, -0.2) is 26.6 Å². The summed E-state index contributed by atoms with van der Waals surface area (Å²) < 4.78 is 67.6. The number of hydrogen-bond acceptors (Lipinski definition) is 4. The Morgan fingerprint density at radius 3 is 2.11 bits per heavy atom. The van der Waals surface area contributed by atoms with Gasteiger partial charge in [0, 0.05) is 5.71 Å². The fourth-order valence-corrected chi connectivity index (χ4v) is 5.62. The Morgan fingerprint density at radius 1 is 0.947 bits per heavy atom. The molecule has 11 heteroatoms. The molecule has 0 saturated carbocycles. The standard InChI is InChI=1S/C27H27ClF3N3O3S/c1-19(17-26(2,3)20-10-6-4-7-11-20)32-33-25(35)18-34(38(36,37)22-12-8-5-9-13-22)24-16-21(27(29,30)31)14-15-23(24)28/h4-16H,17-18H2,1-3H3,(H,33,35)/b32-19-. The molecular weight excluding hydrogens is 539 g/mol. The van der Waals surface area contributed by atoms with E-state index in [4.69, 9.17) is 11.6 Å². The molecule has 0 aliphatic rings. The molecule has 1 N–H and O–H groups in total. The number of benzene rings is 3. The van der Waals surface area contributed by atoms with E-state index in [0.29, 0.717) is 22.5 Å². The van der Waals surface area contributed by atoms with Gasteiger partial charge in [0.2, 0.25) is 0 Å². The zero-order chi connectivity index (χ0) is 28.1. The van der Waals surface area contributed by atoms with E-state index in [1.165, 1.54) is 24.3 Å². The number of hydrogen-bond donors (Lipinski definition) is 1. The van der Waals surface area contributed by atoms with E-state index in [2.05, 4.69) is 10.5 Å². The van der Waals surface area contributed by atoms with Crippen molar-refractivity contribution in [3.8, 4) is 0 Å². The van der Waals surface area contributed by atoms with Crippen LogP contribution >= 0.6 is 11.6 Å². The van der Waals surface area contributed by atoms with E-state index in [1.54, 1.807) is 13.0 Å². The SMILES string of the molecule is C/C(CC(C)(C)c1ccccc1)=N/NC(=O)CN(c1cc(C(F)(F)F)ccc1Cl)S(=O)(=O)c1ccccc1. The molecule has 0 heterocycles. The molecule has 0 saturated heterocycles. The van der Waals surface area contributed by atoms with Gasteiger partial charge in [-0.3, -0.25) is 9.10 Å². The topological polar surface area (TPSA) is 78.8 Å². The van der Waals surface area contributed by atoms with Crippen LogP contribution < -0.4 is 9.73 Å². The lowest BCUT2D eigenvalue weighted by molar-refractivity contribution is -0.137. The highest BCUT2D eigenvalue weighted by molar-refractivity contribution is 7.92. The molecule has 0 spiro atoms. The van der Waals surface area contributed by atoms with Gasteiger partial charge in [-0.15, -0.1) is 0 Å². The van der Waals surface area contributed by atoms with Crippen molar-refractivity contribution in [3.05, 3.63) is 95.0 Å². The summed E-state index contributed by atoms with van der Waals surface area (Å²) in [6, 6.07) is 19.1. The van der Waals surface area contributed by atoms with E-state index in [-0.39, 0.29) is 15.3 Å². The van der Waals surface area contributed by atoms with Crippen molar-refractivity contribution in [3.63, 3.8) is 0 Å². The third kappa shape index (κ3) is 7.14. The molecule has 3 aromatic carbocycles. The second-order valence-electron chi connectivity index (χ2n) is 9.30. The number of hydrazone groups is 1. The van der Waals surface area contributed by atoms with Crippen LogP contribution in [0.3, 0.4) is 0 Å². The molecule has 3 aromatic rings. The van der Waals surface area contributed by atoms with E-state index in [1.807, 2.05) is 44.2 Å². The second kappa shape index (κ2) is 11.6. The maximum Gasteiger partial charge on any atom is 0.416 e. The maximum atomic E-state index is 13.4. The van der Waals surface area contributed by atoms with Crippen molar-refractivity contribution in [1.82, 2.24) is 5.43 Å². The molecule has 38 heavy (non-hydrogen) atoms. The Hall–Kier alpha value is -3.37. The van der Waals surface area contributed by atoms with Gasteiger partial charge in [0.25, 0.3) is 15.9 Å². The van der Waals surface area contributed by atoms with E-state index in [0.717, 1.165) is 17.7 Å². The highest BCUT2D eigenvalue weighted by Gasteiger charge is 2.34. The van der Waals surface area contributed by atoms with E-state index in [9.17, 15) is 26.4 Å². The number of alkyl halides is 3. The van der Waals surface area contributed by atoms with E-state index < -0.39 is 39.9 Å². The van der Waals surface area contributed by atoms with Gasteiger partial charge < -0.3 is 0 Å². The zero-order valence-electron chi connectivity index (χ0n) is 21.0. The molecule has 0 fully saturated rings. The fourth-order valence-electron chi connectivity index (χ4n) is 3.89. The Bertz CT molecular complexity index is 1410. The molecular formula is C27H27ClF3N3O3S. The minimum Gasteiger partial charge on any atom is -0.271 e. The Balaban J connectivity index is 1.90. The first-order valence-electron chi connectivity index (χ1n) is 11.5. The number of carbonyl (C=O) groups is 1. The number of nitrogens with zero attached hydrogens (tertiary/aromatic N) is 2. The number of sulfonamides is 1. The third-order valence-electron chi connectivity index (χ3n) is 5.79. The van der Waals surface area contributed by atoms with Crippen molar-refractivity contribution in [1.29, 1.82) is 0 Å². The maximum absolute atomic E-state index is 13.4. The quantitative estimate of drug-likeness (QED) is 0.240. The lowest BCUT2D eigenvalue weighted by Gasteiger charge is -2.26. The molecule has 0 atom stereocenters. The molecule has 202 valence electrons. The molecule has 0 unspecified atom stereocenters. The number of carbonyl (C=O) groups excluding carboxylic acids is 1. The van der Waals surface area contributed by atoms with Gasteiger partial charge in [-0.1, -0.05) is 74.0 Å². The number of halogens is 4. The van der Waals surface area contributed by atoms with Gasteiger partial charge >= 0.3 is 6.18 Å². The Labute approximate surface area is 225 Å². The summed E-state index contributed by atoms with van der Waals surface area (Å²) in [7, 11) is -4.47. The predicted molar refractivity (Wildman–Crippen MR) is 143 cm³/mol. The summed E-state index contributed by atoms with van der Waals surface area (Å²) >= 11 is 6.14. The third-order valence-corrected chi connectivity index (χ3v) is 7.88. The smallest absolute Gasteiger partial charge is 0.271 e. The highest BCUT2D eigenvalue weighted by Crippen LogP contribution is 2.37. The zero-order valence-corrected chi connectivity index (χ0v) is 22.5. The van der Waals surface area contributed by atoms with Gasteiger partial charge in [-0.2, -0.15) is 18.3 Å². The summed E-state index contributed by atoms with van der Waals surface area (Å²) in [4.78, 5) is 12.6. The number of amides is 1. The predicted octanol–water partition coefficient (Wildman–Crippen LogP) is 6.41. The first-order chi connectivity index (χ1) is 17.7. The average Bonchev–Trinajstić information content (AvgIpc) is 2.86. The van der Waals surface area contributed by atoms with Crippen LogP contribution in [0.25, 0.3) is 0 Å². The van der Waals surface area contributed by atoms with Gasteiger partial charge in [-0.05, 0) is 54.7 Å². The second-order valence-corrected chi connectivity index (χ2v) is 11.6. The van der Waals surface area contributed by atoms with Crippen molar-refractivity contribution in [2.45, 2.75) is 43.7 Å². The first kappa shape index (κ1) is 29.2. The van der Waals surface area contributed by atoms with Crippen molar-refractivity contribution in [2.75, 3.05) is 10.8 Å².